The Bertz CT molecular complexity index is 1160. The number of ether oxygens (including phenoxy) is 1. The predicted molar refractivity (Wildman–Crippen MR) is 157 cm³/mol. The largest absolute Gasteiger partial charge is 0.480 e. The van der Waals surface area contributed by atoms with E-state index in [0.717, 1.165) is 19.4 Å². The first-order valence-electron chi connectivity index (χ1n) is 16.6. The van der Waals surface area contributed by atoms with Gasteiger partial charge in [0, 0.05) is 42.3 Å². The van der Waals surface area contributed by atoms with Crippen LogP contribution in [0.2, 0.25) is 0 Å². The molecule has 44 heavy (non-hydrogen) atoms. The summed E-state index contributed by atoms with van der Waals surface area (Å²) in [5.41, 5.74) is 0.276. The fraction of sp³-hybridized carbons (Fsp3) is 0.969. The van der Waals surface area contributed by atoms with Crippen LogP contribution < -0.4 is 5.73 Å². The summed E-state index contributed by atoms with van der Waals surface area (Å²) >= 11 is 0. The van der Waals surface area contributed by atoms with Crippen LogP contribution in [0.15, 0.2) is 0 Å². The average molecular weight is 627 g/mol. The molecule has 0 unspecified atom stereocenters. The van der Waals surface area contributed by atoms with Crippen LogP contribution in [0.5, 0.6) is 0 Å². The maximum atomic E-state index is 12.5. The lowest BCUT2D eigenvalue weighted by molar-refractivity contribution is -0.295. The number of hydrogen-bond donors (Lipinski definition) is 9. The molecule has 17 atom stereocenters. The van der Waals surface area contributed by atoms with Gasteiger partial charge in [0.1, 0.15) is 23.9 Å². The molecule has 0 aromatic carbocycles. The molecule has 12 heteroatoms. The molecule has 10 N–H and O–H groups in total. The van der Waals surface area contributed by atoms with E-state index in [1.807, 2.05) is 6.92 Å². The molecule has 252 valence electrons. The molecule has 4 saturated carbocycles. The number of piperidine rings is 2. The van der Waals surface area contributed by atoms with Crippen molar-refractivity contribution in [1.29, 1.82) is 0 Å². The van der Waals surface area contributed by atoms with E-state index in [2.05, 4.69) is 11.8 Å². The summed E-state index contributed by atoms with van der Waals surface area (Å²) in [5, 5.41) is 89.7. The number of rotatable bonds is 2. The molecule has 7 rings (SSSR count). The number of carbonyl (C=O) groups is 1. The Morgan fingerprint density at radius 1 is 1.02 bits per heavy atom. The first-order valence-corrected chi connectivity index (χ1v) is 16.6. The van der Waals surface area contributed by atoms with Crippen molar-refractivity contribution in [2.45, 2.75) is 132 Å². The first kappa shape index (κ1) is 33.0. The molecule has 3 heterocycles. The molecule has 7 aliphatic rings. The molecule has 0 radical (unpaired) electrons. The molecule has 4 bridgehead atoms. The highest BCUT2D eigenvalue weighted by Gasteiger charge is 2.86. The van der Waals surface area contributed by atoms with Crippen LogP contribution in [0.25, 0.3) is 0 Å². The van der Waals surface area contributed by atoms with Crippen molar-refractivity contribution in [1.82, 2.24) is 4.90 Å². The normalized spacial score (nSPS) is 58.2. The monoisotopic (exact) mass is 626 g/mol. The second kappa shape index (κ2) is 10.3. The van der Waals surface area contributed by atoms with Crippen molar-refractivity contribution in [2.75, 3.05) is 13.1 Å². The Morgan fingerprint density at radius 2 is 1.68 bits per heavy atom. The number of aliphatic hydroxyl groups is 7. The van der Waals surface area contributed by atoms with E-state index < -0.39 is 88.1 Å². The number of fused-ring (bicyclic) bond motifs is 5. The molecule has 12 nitrogen and oxygen atoms in total. The van der Waals surface area contributed by atoms with Crippen LogP contribution in [-0.2, 0) is 9.53 Å². The molecule has 4 aliphatic carbocycles. The summed E-state index contributed by atoms with van der Waals surface area (Å²) in [6.07, 6.45) is -1.92. The van der Waals surface area contributed by atoms with Crippen molar-refractivity contribution in [3.05, 3.63) is 0 Å². The van der Waals surface area contributed by atoms with Gasteiger partial charge in [-0.25, -0.2) is 0 Å². The van der Waals surface area contributed by atoms with Gasteiger partial charge >= 0.3 is 5.97 Å². The summed E-state index contributed by atoms with van der Waals surface area (Å²) in [6.45, 7) is 11.0. The van der Waals surface area contributed by atoms with E-state index in [0.29, 0.717) is 31.7 Å². The molecule has 0 amide bonds. The molecular weight excluding hydrogens is 572 g/mol. The zero-order valence-corrected chi connectivity index (χ0v) is 26.6. The maximum Gasteiger partial charge on any atom is 0.320 e. The van der Waals surface area contributed by atoms with Crippen LogP contribution in [0.4, 0.5) is 0 Å². The zero-order valence-electron chi connectivity index (χ0n) is 26.6. The fourth-order valence-corrected chi connectivity index (χ4v) is 11.7. The Hall–Kier alpha value is -0.930. The minimum absolute atomic E-state index is 0.0208. The highest BCUT2D eigenvalue weighted by Crippen LogP contribution is 2.76. The molecule has 1 spiro atoms. The lowest BCUT2D eigenvalue weighted by atomic mass is 9.49. The van der Waals surface area contributed by atoms with Crippen LogP contribution >= 0.6 is 0 Å². The lowest BCUT2D eigenvalue weighted by Crippen LogP contribution is -2.76. The fourth-order valence-electron chi connectivity index (χ4n) is 11.7. The highest BCUT2D eigenvalue weighted by atomic mass is 16.7. The van der Waals surface area contributed by atoms with Crippen molar-refractivity contribution < 1.29 is 50.4 Å². The van der Waals surface area contributed by atoms with Gasteiger partial charge in [0.05, 0.1) is 23.4 Å². The van der Waals surface area contributed by atoms with Crippen LogP contribution in [0, 0.1) is 46.8 Å². The average Bonchev–Trinajstić information content (AvgIpc) is 3.22. The van der Waals surface area contributed by atoms with Gasteiger partial charge in [-0.3, -0.25) is 9.69 Å². The molecule has 0 aromatic heterocycles. The molecule has 7 fully saturated rings. The topological polar surface area (TPSA) is 217 Å². The van der Waals surface area contributed by atoms with Crippen LogP contribution in [0.1, 0.15) is 73.1 Å². The first-order chi connectivity index (χ1) is 20.3. The summed E-state index contributed by atoms with van der Waals surface area (Å²) in [7, 11) is 0. The van der Waals surface area contributed by atoms with Crippen LogP contribution in [0.3, 0.4) is 0 Å². The standard InChI is InChI=1S/C27H43NO8.C5H11NO2/c1-12-4-5-17-24(3,33)19-13(11-28(17)10-12)14-9-25-21(26(14,34)22(32)20(19)31)15(29)8-16-23(25,2)7-6-18(30)27(16,35)36-25;1-3(2)4(6)5(7)8/h12-22,29-35H,4-11H2,1-3H3;3-4H,6H2,1-2H3,(H,7,8)/t12-,13-,14-,15+,16-,17-,18-,19+,20+,21+,22-,23-,24+,25+,26-,27-;4-/m00/s1. The summed E-state index contributed by atoms with van der Waals surface area (Å²) < 4.78 is 6.51. The number of aliphatic carboxylic acids is 1. The highest BCUT2D eigenvalue weighted by molar-refractivity contribution is 5.73. The third-order valence-electron chi connectivity index (χ3n) is 13.8. The maximum absolute atomic E-state index is 12.5. The van der Waals surface area contributed by atoms with Gasteiger partial charge in [0.15, 0.2) is 5.79 Å². The SMILES string of the molecule is CC(C)[C@H](N)C(=O)O.C[C@H]1CC[C@@H]2N(C1)C[C@@H]1[C@H]([C@@H](O)[C@H](O)[C@]3(O)[C@H]1C[C@@]14O[C@@]5(O)[C@@H](C[C@@H](O)[C@@H]31)[C@]4(C)CC[C@@H]5O)[C@]2(C)O. The predicted octanol–water partition coefficient (Wildman–Crippen LogP) is -0.760. The third kappa shape index (κ3) is 4.02. The van der Waals surface area contributed by atoms with Gasteiger partial charge < -0.3 is 51.3 Å². The lowest BCUT2D eigenvalue weighted by Gasteiger charge is -2.63. The molecular formula is C32H54N2O10. The number of nitrogens with two attached hydrogens (primary N) is 1. The Balaban J connectivity index is 0.000000381. The number of nitrogens with zero attached hydrogens (tertiary/aromatic N) is 1. The van der Waals surface area contributed by atoms with Crippen molar-refractivity contribution in [3.8, 4) is 0 Å². The van der Waals surface area contributed by atoms with Gasteiger partial charge in [0.25, 0.3) is 0 Å². The third-order valence-corrected chi connectivity index (χ3v) is 13.8. The number of carboxylic acids is 1. The Morgan fingerprint density at radius 3 is 2.27 bits per heavy atom. The minimum atomic E-state index is -1.85. The van der Waals surface area contributed by atoms with E-state index in [-0.39, 0.29) is 24.3 Å². The molecule has 3 saturated heterocycles. The smallest absolute Gasteiger partial charge is 0.320 e. The van der Waals surface area contributed by atoms with Crippen molar-refractivity contribution >= 4 is 5.97 Å². The summed E-state index contributed by atoms with van der Waals surface area (Å²) in [4.78, 5) is 12.3. The number of hydrogen-bond acceptors (Lipinski definition) is 11. The summed E-state index contributed by atoms with van der Waals surface area (Å²) in [6, 6.07) is -0.842. The van der Waals surface area contributed by atoms with E-state index in [9.17, 15) is 40.5 Å². The second-order valence-electron chi connectivity index (χ2n) is 16.4. The molecule has 0 aromatic rings. The Kier molecular flexibility index (Phi) is 7.71. The van der Waals surface area contributed by atoms with Crippen LogP contribution in [-0.4, -0.2) is 124 Å². The second-order valence-corrected chi connectivity index (χ2v) is 16.4. The number of carboxylic acid groups (broad SMARTS) is 1. The van der Waals surface area contributed by atoms with Crippen molar-refractivity contribution in [2.24, 2.45) is 52.6 Å². The van der Waals surface area contributed by atoms with E-state index >= 15 is 0 Å². The van der Waals surface area contributed by atoms with Gasteiger partial charge in [0.2, 0.25) is 0 Å². The zero-order chi connectivity index (χ0) is 32.5. The minimum Gasteiger partial charge on any atom is -0.480 e. The van der Waals surface area contributed by atoms with Gasteiger partial charge in [-0.05, 0) is 69.1 Å². The molecule has 3 aliphatic heterocycles. The number of aliphatic hydroxyl groups excluding tert-OH is 4. The van der Waals surface area contributed by atoms with Gasteiger partial charge in [-0.1, -0.05) is 27.7 Å². The van der Waals surface area contributed by atoms with E-state index in [1.165, 1.54) is 0 Å². The van der Waals surface area contributed by atoms with Gasteiger partial charge in [-0.2, -0.15) is 0 Å². The van der Waals surface area contributed by atoms with E-state index in [4.69, 9.17) is 15.6 Å². The Labute approximate surface area is 259 Å². The summed E-state index contributed by atoms with van der Waals surface area (Å²) in [5.74, 6) is -5.20. The van der Waals surface area contributed by atoms with Gasteiger partial charge in [-0.15, -0.1) is 0 Å². The quantitative estimate of drug-likeness (QED) is 0.185. The van der Waals surface area contributed by atoms with Crippen molar-refractivity contribution in [3.63, 3.8) is 0 Å². The van der Waals surface area contributed by atoms with E-state index in [1.54, 1.807) is 20.8 Å².